The van der Waals surface area contributed by atoms with Gasteiger partial charge in [0.2, 0.25) is 5.56 Å². The van der Waals surface area contributed by atoms with Crippen molar-refractivity contribution < 1.29 is 14.3 Å². The summed E-state index contributed by atoms with van der Waals surface area (Å²) < 4.78 is 13.2. The van der Waals surface area contributed by atoms with Crippen molar-refractivity contribution in [3.63, 3.8) is 0 Å². The summed E-state index contributed by atoms with van der Waals surface area (Å²) in [5, 5.41) is 12.0. The molecule has 6 heteroatoms. The summed E-state index contributed by atoms with van der Waals surface area (Å²) in [7, 11) is 0. The highest BCUT2D eigenvalue weighted by Gasteiger charge is 2.13. The first-order chi connectivity index (χ1) is 10.0. The van der Waals surface area contributed by atoms with Gasteiger partial charge < -0.3 is 15.4 Å². The average Bonchev–Trinajstić information content (AvgIpc) is 2.43. The normalized spacial score (nSPS) is 12.3. The molecule has 1 atom stereocenters. The third kappa shape index (κ3) is 3.66. The van der Waals surface area contributed by atoms with Gasteiger partial charge in [0.15, 0.2) is 0 Å². The lowest BCUT2D eigenvalue weighted by molar-refractivity contribution is 0.0947. The Morgan fingerprint density at radius 3 is 2.90 bits per heavy atom. The number of aliphatic hydroxyl groups excluding tert-OH is 1. The van der Waals surface area contributed by atoms with Crippen molar-refractivity contribution in [3.8, 4) is 0 Å². The summed E-state index contributed by atoms with van der Waals surface area (Å²) in [6.45, 7) is 2.36. The lowest BCUT2D eigenvalue weighted by atomic mass is 10.1. The largest absolute Gasteiger partial charge is 0.396 e. The van der Waals surface area contributed by atoms with Gasteiger partial charge in [0.05, 0.1) is 11.1 Å². The Labute approximate surface area is 120 Å². The predicted octanol–water partition coefficient (Wildman–Crippen LogP) is 1.42. The van der Waals surface area contributed by atoms with Crippen LogP contribution in [0.4, 0.5) is 4.39 Å². The van der Waals surface area contributed by atoms with Crippen LogP contribution in [0.15, 0.2) is 29.1 Å². The molecule has 0 radical (unpaired) electrons. The van der Waals surface area contributed by atoms with E-state index in [0.717, 1.165) is 0 Å². The number of benzene rings is 1. The van der Waals surface area contributed by atoms with Crippen LogP contribution in [0.2, 0.25) is 0 Å². The molecule has 5 nitrogen and oxygen atoms in total. The topological polar surface area (TPSA) is 82.2 Å². The summed E-state index contributed by atoms with van der Waals surface area (Å²) >= 11 is 0. The highest BCUT2D eigenvalue weighted by Crippen LogP contribution is 2.16. The number of hydrogen-bond donors (Lipinski definition) is 3. The average molecular weight is 292 g/mol. The molecule has 2 aromatic rings. The third-order valence-electron chi connectivity index (χ3n) is 3.28. The molecule has 112 valence electrons. The number of hydrogen-bond acceptors (Lipinski definition) is 3. The Bertz CT molecular complexity index is 712. The molecule has 1 heterocycles. The van der Waals surface area contributed by atoms with Gasteiger partial charge in [-0.3, -0.25) is 9.59 Å². The molecule has 1 unspecified atom stereocenters. The first-order valence-electron chi connectivity index (χ1n) is 6.73. The number of H-pyrrole nitrogens is 1. The molecule has 0 fully saturated rings. The van der Waals surface area contributed by atoms with Crippen molar-refractivity contribution in [3.05, 3.63) is 46.0 Å². The molecule has 1 aromatic carbocycles. The third-order valence-corrected chi connectivity index (χ3v) is 3.28. The Morgan fingerprint density at radius 1 is 1.43 bits per heavy atom. The van der Waals surface area contributed by atoms with Gasteiger partial charge in [-0.15, -0.1) is 0 Å². The van der Waals surface area contributed by atoms with Crippen LogP contribution in [-0.4, -0.2) is 29.1 Å². The number of amides is 1. The summed E-state index contributed by atoms with van der Waals surface area (Å²) in [6, 6.07) is 5.09. The van der Waals surface area contributed by atoms with E-state index in [0.29, 0.717) is 18.4 Å². The van der Waals surface area contributed by atoms with E-state index in [1.54, 1.807) is 0 Å². The molecule has 0 aliphatic rings. The van der Waals surface area contributed by atoms with Gasteiger partial charge >= 0.3 is 0 Å². The standard InChI is InChI=1S/C15H17FN2O3/c1-9(4-5-19)8-17-15(21)12-7-14(20)18-13-6-10(16)2-3-11(12)13/h2-3,6-7,9,19H,4-5,8H2,1H3,(H,17,21)(H,18,20). The molecular weight excluding hydrogens is 275 g/mol. The molecule has 1 amide bonds. The van der Waals surface area contributed by atoms with Crippen LogP contribution in [0.25, 0.3) is 10.9 Å². The van der Waals surface area contributed by atoms with Crippen molar-refractivity contribution in [2.75, 3.05) is 13.2 Å². The number of halogens is 1. The molecule has 0 aliphatic carbocycles. The molecule has 0 saturated heterocycles. The van der Waals surface area contributed by atoms with E-state index >= 15 is 0 Å². The van der Waals surface area contributed by atoms with E-state index in [4.69, 9.17) is 5.11 Å². The molecule has 0 aliphatic heterocycles. The van der Waals surface area contributed by atoms with Gasteiger partial charge in [-0.1, -0.05) is 6.92 Å². The zero-order valence-corrected chi connectivity index (χ0v) is 11.6. The maximum atomic E-state index is 13.2. The zero-order valence-electron chi connectivity index (χ0n) is 11.6. The summed E-state index contributed by atoms with van der Waals surface area (Å²) in [5.74, 6) is -0.737. The smallest absolute Gasteiger partial charge is 0.252 e. The van der Waals surface area contributed by atoms with Crippen LogP contribution in [0.3, 0.4) is 0 Å². The first kappa shape index (κ1) is 15.2. The van der Waals surface area contributed by atoms with Crippen molar-refractivity contribution in [1.82, 2.24) is 10.3 Å². The fraction of sp³-hybridized carbons (Fsp3) is 0.333. The molecule has 0 saturated carbocycles. The van der Waals surface area contributed by atoms with Crippen molar-refractivity contribution in [1.29, 1.82) is 0 Å². The number of aromatic nitrogens is 1. The summed E-state index contributed by atoms with van der Waals surface area (Å²) in [4.78, 5) is 26.3. The van der Waals surface area contributed by atoms with Gasteiger partial charge in [-0.05, 0) is 30.5 Å². The number of aromatic amines is 1. The molecule has 2 rings (SSSR count). The lowest BCUT2D eigenvalue weighted by Crippen LogP contribution is -2.29. The van der Waals surface area contributed by atoms with Crippen molar-refractivity contribution >= 4 is 16.8 Å². The highest BCUT2D eigenvalue weighted by atomic mass is 19.1. The number of nitrogens with one attached hydrogen (secondary N) is 2. The molecule has 0 bridgehead atoms. The lowest BCUT2D eigenvalue weighted by Gasteiger charge is -2.12. The second-order valence-corrected chi connectivity index (χ2v) is 5.06. The van der Waals surface area contributed by atoms with Crippen LogP contribution >= 0.6 is 0 Å². The number of pyridine rings is 1. The number of carbonyl (C=O) groups is 1. The quantitative estimate of drug-likeness (QED) is 0.779. The van der Waals surface area contributed by atoms with E-state index in [9.17, 15) is 14.0 Å². The SMILES string of the molecule is CC(CCO)CNC(=O)c1cc(=O)[nH]c2cc(F)ccc12. The molecule has 21 heavy (non-hydrogen) atoms. The summed E-state index contributed by atoms with van der Waals surface area (Å²) in [5.41, 5.74) is 0.0441. The van der Waals surface area contributed by atoms with Gasteiger partial charge in [0.25, 0.3) is 5.91 Å². The molecular formula is C15H17FN2O3. The number of carbonyl (C=O) groups excluding carboxylic acids is 1. The number of fused-ring (bicyclic) bond motifs is 1. The van der Waals surface area contributed by atoms with Gasteiger partial charge in [0.1, 0.15) is 5.82 Å². The van der Waals surface area contributed by atoms with Crippen molar-refractivity contribution in [2.45, 2.75) is 13.3 Å². The summed E-state index contributed by atoms with van der Waals surface area (Å²) in [6.07, 6.45) is 0.585. The minimum atomic E-state index is -0.479. The fourth-order valence-corrected chi connectivity index (χ4v) is 2.10. The Balaban J connectivity index is 2.28. The van der Waals surface area contributed by atoms with Crippen LogP contribution in [0.1, 0.15) is 23.7 Å². The molecule has 0 spiro atoms. The zero-order chi connectivity index (χ0) is 15.4. The Kier molecular flexibility index (Phi) is 4.70. The van der Waals surface area contributed by atoms with Gasteiger partial charge in [0, 0.05) is 24.6 Å². The number of aliphatic hydroxyl groups is 1. The van der Waals surface area contributed by atoms with Gasteiger partial charge in [-0.25, -0.2) is 4.39 Å². The molecule has 1 aromatic heterocycles. The van der Waals surface area contributed by atoms with Crippen LogP contribution in [0, 0.1) is 11.7 Å². The van der Waals surface area contributed by atoms with E-state index in [2.05, 4.69) is 10.3 Å². The second kappa shape index (κ2) is 6.49. The van der Waals surface area contributed by atoms with Gasteiger partial charge in [-0.2, -0.15) is 0 Å². The maximum absolute atomic E-state index is 13.2. The Morgan fingerprint density at radius 2 is 2.19 bits per heavy atom. The maximum Gasteiger partial charge on any atom is 0.252 e. The highest BCUT2D eigenvalue weighted by molar-refractivity contribution is 6.05. The minimum absolute atomic E-state index is 0.0598. The van der Waals surface area contributed by atoms with E-state index < -0.39 is 11.4 Å². The minimum Gasteiger partial charge on any atom is -0.396 e. The monoisotopic (exact) mass is 292 g/mol. The van der Waals surface area contributed by atoms with E-state index in [1.165, 1.54) is 24.3 Å². The van der Waals surface area contributed by atoms with Crippen LogP contribution in [0.5, 0.6) is 0 Å². The predicted molar refractivity (Wildman–Crippen MR) is 77.7 cm³/mol. The van der Waals surface area contributed by atoms with Crippen LogP contribution in [-0.2, 0) is 0 Å². The fourth-order valence-electron chi connectivity index (χ4n) is 2.10. The van der Waals surface area contributed by atoms with E-state index in [-0.39, 0.29) is 29.5 Å². The number of rotatable bonds is 5. The second-order valence-electron chi connectivity index (χ2n) is 5.06. The van der Waals surface area contributed by atoms with E-state index in [1.807, 2.05) is 6.92 Å². The Hall–Kier alpha value is -2.21. The molecule has 3 N–H and O–H groups in total. The van der Waals surface area contributed by atoms with Crippen molar-refractivity contribution in [2.24, 2.45) is 5.92 Å². The van der Waals surface area contributed by atoms with Crippen LogP contribution < -0.4 is 10.9 Å². The first-order valence-corrected chi connectivity index (χ1v) is 6.73.